The first kappa shape index (κ1) is 15.4. The number of hydrogen-bond acceptors (Lipinski definition) is 3. The Balaban J connectivity index is 2.12. The van der Waals surface area contributed by atoms with Crippen LogP contribution in [-0.4, -0.2) is 41.3 Å². The van der Waals surface area contributed by atoms with E-state index in [0.717, 1.165) is 5.56 Å². The fourth-order valence-electron chi connectivity index (χ4n) is 2.73. The van der Waals surface area contributed by atoms with Crippen molar-refractivity contribution >= 4 is 12.1 Å². The lowest BCUT2D eigenvalue weighted by Gasteiger charge is -2.38. The summed E-state index contributed by atoms with van der Waals surface area (Å²) in [6.45, 7) is 4.39. The fraction of sp³-hybridized carbons (Fsp3) is 0.500. The van der Waals surface area contributed by atoms with Gasteiger partial charge in [-0.1, -0.05) is 30.3 Å². The zero-order chi connectivity index (χ0) is 15.5. The van der Waals surface area contributed by atoms with E-state index in [1.807, 2.05) is 30.3 Å². The van der Waals surface area contributed by atoms with Gasteiger partial charge in [-0.2, -0.15) is 0 Å². The predicted molar refractivity (Wildman–Crippen MR) is 78.2 cm³/mol. The van der Waals surface area contributed by atoms with Crippen molar-refractivity contribution in [3.8, 4) is 0 Å². The maximum atomic E-state index is 11.9. The van der Waals surface area contributed by atoms with Crippen molar-refractivity contribution in [2.45, 2.75) is 38.2 Å². The summed E-state index contributed by atoms with van der Waals surface area (Å²) in [5.41, 5.74) is -0.107. The molecule has 0 bridgehead atoms. The third kappa shape index (κ3) is 3.17. The molecule has 0 saturated carbocycles. The largest absolute Gasteiger partial charge is 0.481 e. The van der Waals surface area contributed by atoms with Gasteiger partial charge < -0.3 is 14.7 Å². The number of carboxylic acid groups (broad SMARTS) is 1. The van der Waals surface area contributed by atoms with E-state index in [-0.39, 0.29) is 12.2 Å². The number of piperidine rings is 1. The maximum Gasteiger partial charge on any atom is 0.410 e. The Labute approximate surface area is 124 Å². The number of benzene rings is 1. The van der Waals surface area contributed by atoms with Crippen LogP contribution in [0.2, 0.25) is 0 Å². The Morgan fingerprint density at radius 2 is 1.76 bits per heavy atom. The normalized spacial score (nSPS) is 17.6. The SMILES string of the molecule is CC(C)OC(=O)N1CCC(C(=O)O)(c2ccccc2)CC1. The molecular weight excluding hydrogens is 270 g/mol. The third-order valence-corrected chi connectivity index (χ3v) is 3.95. The van der Waals surface area contributed by atoms with Gasteiger partial charge >= 0.3 is 12.1 Å². The summed E-state index contributed by atoms with van der Waals surface area (Å²) in [5, 5.41) is 9.68. The number of ether oxygens (including phenoxy) is 1. The molecule has 5 nitrogen and oxygen atoms in total. The lowest BCUT2D eigenvalue weighted by molar-refractivity contribution is -0.145. The van der Waals surface area contributed by atoms with Gasteiger partial charge in [-0.3, -0.25) is 4.79 Å². The minimum atomic E-state index is -0.907. The number of rotatable bonds is 3. The van der Waals surface area contributed by atoms with Crippen LogP contribution in [0.25, 0.3) is 0 Å². The van der Waals surface area contributed by atoms with Crippen molar-refractivity contribution in [2.75, 3.05) is 13.1 Å². The van der Waals surface area contributed by atoms with E-state index in [1.165, 1.54) is 0 Å². The molecule has 1 heterocycles. The van der Waals surface area contributed by atoms with E-state index in [0.29, 0.717) is 25.9 Å². The Morgan fingerprint density at radius 3 is 2.24 bits per heavy atom. The molecule has 5 heteroatoms. The minimum Gasteiger partial charge on any atom is -0.481 e. The summed E-state index contributed by atoms with van der Waals surface area (Å²) in [7, 11) is 0. The molecule has 114 valence electrons. The molecule has 1 aliphatic rings. The van der Waals surface area contributed by atoms with Crippen LogP contribution in [0, 0.1) is 0 Å². The van der Waals surface area contributed by atoms with Gasteiger partial charge in [0.15, 0.2) is 0 Å². The zero-order valence-electron chi connectivity index (χ0n) is 12.4. The van der Waals surface area contributed by atoms with Gasteiger partial charge in [0, 0.05) is 13.1 Å². The number of aliphatic carboxylic acids is 1. The van der Waals surface area contributed by atoms with Crippen LogP contribution >= 0.6 is 0 Å². The summed E-state index contributed by atoms with van der Waals surface area (Å²) in [6.07, 6.45) is 0.272. The zero-order valence-corrected chi connectivity index (χ0v) is 12.4. The van der Waals surface area contributed by atoms with Crippen LogP contribution in [-0.2, 0) is 14.9 Å². The summed E-state index contributed by atoms with van der Waals surface area (Å²) in [6, 6.07) is 9.25. The Hall–Kier alpha value is -2.04. The highest BCUT2D eigenvalue weighted by molar-refractivity contribution is 5.82. The number of carbonyl (C=O) groups is 2. The average Bonchev–Trinajstić information content (AvgIpc) is 2.47. The third-order valence-electron chi connectivity index (χ3n) is 3.95. The predicted octanol–water partition coefficient (Wildman–Crippen LogP) is 2.65. The minimum absolute atomic E-state index is 0.169. The Morgan fingerprint density at radius 1 is 1.19 bits per heavy atom. The molecule has 1 aromatic carbocycles. The highest BCUT2D eigenvalue weighted by atomic mass is 16.6. The molecule has 0 aliphatic carbocycles. The quantitative estimate of drug-likeness (QED) is 0.929. The first-order valence-electron chi connectivity index (χ1n) is 7.20. The molecule has 1 amide bonds. The van der Waals surface area contributed by atoms with Crippen molar-refractivity contribution < 1.29 is 19.4 Å². The molecule has 1 aromatic rings. The lowest BCUT2D eigenvalue weighted by Crippen LogP contribution is -2.49. The van der Waals surface area contributed by atoms with E-state index in [2.05, 4.69) is 0 Å². The van der Waals surface area contributed by atoms with Crippen LogP contribution < -0.4 is 0 Å². The van der Waals surface area contributed by atoms with E-state index in [4.69, 9.17) is 4.74 Å². The van der Waals surface area contributed by atoms with E-state index < -0.39 is 11.4 Å². The molecule has 0 unspecified atom stereocenters. The molecule has 21 heavy (non-hydrogen) atoms. The Bertz CT molecular complexity index is 504. The molecule has 2 rings (SSSR count). The van der Waals surface area contributed by atoms with Crippen molar-refractivity contribution in [2.24, 2.45) is 0 Å². The van der Waals surface area contributed by atoms with Crippen LogP contribution in [0.1, 0.15) is 32.3 Å². The van der Waals surface area contributed by atoms with Gasteiger partial charge in [-0.15, -0.1) is 0 Å². The highest BCUT2D eigenvalue weighted by Gasteiger charge is 2.44. The van der Waals surface area contributed by atoms with Crippen molar-refractivity contribution in [3.63, 3.8) is 0 Å². The van der Waals surface area contributed by atoms with Gasteiger partial charge in [0.2, 0.25) is 0 Å². The van der Waals surface area contributed by atoms with E-state index in [1.54, 1.807) is 18.7 Å². The number of carbonyl (C=O) groups excluding carboxylic acids is 1. The highest BCUT2D eigenvalue weighted by Crippen LogP contribution is 2.36. The Kier molecular flexibility index (Phi) is 4.50. The first-order chi connectivity index (χ1) is 9.95. The summed E-state index contributed by atoms with van der Waals surface area (Å²) in [5.74, 6) is -0.828. The number of carboxylic acids is 1. The van der Waals surface area contributed by atoms with E-state index in [9.17, 15) is 14.7 Å². The molecule has 1 fully saturated rings. The molecule has 0 spiro atoms. The van der Waals surface area contributed by atoms with Crippen LogP contribution in [0.3, 0.4) is 0 Å². The second kappa shape index (κ2) is 6.16. The molecular formula is C16H21NO4. The second-order valence-electron chi connectivity index (χ2n) is 5.67. The van der Waals surface area contributed by atoms with Crippen LogP contribution in [0.15, 0.2) is 30.3 Å². The van der Waals surface area contributed by atoms with Crippen molar-refractivity contribution in [1.82, 2.24) is 4.90 Å². The molecule has 0 atom stereocenters. The van der Waals surface area contributed by atoms with Crippen LogP contribution in [0.4, 0.5) is 4.79 Å². The van der Waals surface area contributed by atoms with Gasteiger partial charge in [0.25, 0.3) is 0 Å². The average molecular weight is 291 g/mol. The van der Waals surface area contributed by atoms with Crippen molar-refractivity contribution in [1.29, 1.82) is 0 Å². The van der Waals surface area contributed by atoms with Gasteiger partial charge in [-0.25, -0.2) is 4.79 Å². The molecule has 1 saturated heterocycles. The number of amides is 1. The van der Waals surface area contributed by atoms with Gasteiger partial charge in [0.05, 0.1) is 11.5 Å². The van der Waals surface area contributed by atoms with E-state index >= 15 is 0 Å². The summed E-state index contributed by atoms with van der Waals surface area (Å²) in [4.78, 5) is 25.3. The lowest BCUT2D eigenvalue weighted by atomic mass is 9.73. The molecule has 0 radical (unpaired) electrons. The standard InChI is InChI=1S/C16H21NO4/c1-12(2)21-15(20)17-10-8-16(9-11-17,14(18)19)13-6-4-3-5-7-13/h3-7,12H,8-11H2,1-2H3,(H,18,19). The summed E-state index contributed by atoms with van der Waals surface area (Å²) >= 11 is 0. The smallest absolute Gasteiger partial charge is 0.410 e. The fourth-order valence-corrected chi connectivity index (χ4v) is 2.73. The molecule has 1 N–H and O–H groups in total. The molecule has 0 aromatic heterocycles. The summed E-state index contributed by atoms with van der Waals surface area (Å²) < 4.78 is 5.16. The molecule has 1 aliphatic heterocycles. The van der Waals surface area contributed by atoms with Crippen molar-refractivity contribution in [3.05, 3.63) is 35.9 Å². The topological polar surface area (TPSA) is 66.8 Å². The van der Waals surface area contributed by atoms with Gasteiger partial charge in [-0.05, 0) is 32.3 Å². The number of likely N-dealkylation sites (tertiary alicyclic amines) is 1. The monoisotopic (exact) mass is 291 g/mol. The second-order valence-corrected chi connectivity index (χ2v) is 5.67. The number of nitrogens with zero attached hydrogens (tertiary/aromatic N) is 1. The van der Waals surface area contributed by atoms with Gasteiger partial charge in [0.1, 0.15) is 0 Å². The number of hydrogen-bond donors (Lipinski definition) is 1. The first-order valence-corrected chi connectivity index (χ1v) is 7.20. The maximum absolute atomic E-state index is 11.9. The van der Waals surface area contributed by atoms with Crippen LogP contribution in [0.5, 0.6) is 0 Å².